The van der Waals surface area contributed by atoms with E-state index in [-0.39, 0.29) is 17.8 Å². The highest BCUT2D eigenvalue weighted by atomic mass is 16.5. The zero-order chi connectivity index (χ0) is 17.5. The molecule has 0 aliphatic carbocycles. The number of hydrogen-bond donors (Lipinski definition) is 0. The summed E-state index contributed by atoms with van der Waals surface area (Å²) in [4.78, 5) is 25.8. The summed E-state index contributed by atoms with van der Waals surface area (Å²) in [5.74, 6) is 0.464. The topological polar surface area (TPSA) is 55.8 Å². The van der Waals surface area contributed by atoms with Crippen LogP contribution in [0.2, 0.25) is 0 Å². The van der Waals surface area contributed by atoms with Crippen molar-refractivity contribution in [2.45, 2.75) is 26.7 Å². The summed E-state index contributed by atoms with van der Waals surface area (Å²) in [6, 6.07) is 5.85. The summed E-state index contributed by atoms with van der Waals surface area (Å²) in [6.45, 7) is 5.37. The molecule has 1 fully saturated rings. The molecule has 24 heavy (non-hydrogen) atoms. The second-order valence-corrected chi connectivity index (χ2v) is 5.93. The van der Waals surface area contributed by atoms with Crippen LogP contribution < -0.4 is 4.74 Å². The Hall–Kier alpha value is -2.30. The minimum absolute atomic E-state index is 0.0409. The first-order valence-corrected chi connectivity index (χ1v) is 8.33. The number of carbonyl (C=O) groups excluding carboxylic acids is 2. The van der Waals surface area contributed by atoms with Gasteiger partial charge in [-0.15, -0.1) is 0 Å². The average molecular weight is 331 g/mol. The molecule has 0 atom stereocenters. The highest BCUT2D eigenvalue weighted by Gasteiger charge is 2.27. The van der Waals surface area contributed by atoms with E-state index in [0.29, 0.717) is 32.5 Å². The van der Waals surface area contributed by atoms with Crippen molar-refractivity contribution in [3.05, 3.63) is 35.4 Å². The molecule has 5 heteroatoms. The highest BCUT2D eigenvalue weighted by molar-refractivity contribution is 5.92. The van der Waals surface area contributed by atoms with Gasteiger partial charge in [-0.05, 0) is 44.9 Å². The molecule has 0 aromatic heterocycles. The SMILES string of the molecule is CCOC(=O)C1CCN(C(=O)/C=C/c2cc(C)ccc2OC)CC1. The molecular formula is C19H25NO4. The number of benzene rings is 1. The summed E-state index contributed by atoms with van der Waals surface area (Å²) >= 11 is 0. The third kappa shape index (κ3) is 4.60. The first-order valence-electron chi connectivity index (χ1n) is 8.33. The van der Waals surface area contributed by atoms with Crippen molar-refractivity contribution in [3.8, 4) is 5.75 Å². The van der Waals surface area contributed by atoms with Crippen LogP contribution >= 0.6 is 0 Å². The lowest BCUT2D eigenvalue weighted by Gasteiger charge is -2.30. The Morgan fingerprint density at radius 3 is 2.62 bits per heavy atom. The molecule has 0 spiro atoms. The van der Waals surface area contributed by atoms with Gasteiger partial charge < -0.3 is 14.4 Å². The van der Waals surface area contributed by atoms with Crippen LogP contribution in [0.1, 0.15) is 30.9 Å². The van der Waals surface area contributed by atoms with Gasteiger partial charge in [0, 0.05) is 24.7 Å². The fraction of sp³-hybridized carbons (Fsp3) is 0.474. The summed E-state index contributed by atoms with van der Waals surface area (Å²) in [6.07, 6.45) is 4.67. The van der Waals surface area contributed by atoms with E-state index in [1.807, 2.05) is 25.1 Å². The molecule has 5 nitrogen and oxygen atoms in total. The van der Waals surface area contributed by atoms with Crippen LogP contribution in [0.25, 0.3) is 6.08 Å². The Kier molecular flexibility index (Phi) is 6.41. The van der Waals surface area contributed by atoms with E-state index < -0.39 is 0 Å². The molecule has 0 bridgehead atoms. The number of amides is 1. The number of rotatable bonds is 5. The van der Waals surface area contributed by atoms with Crippen molar-refractivity contribution in [2.24, 2.45) is 5.92 Å². The van der Waals surface area contributed by atoms with Crippen LogP contribution in [0.3, 0.4) is 0 Å². The Morgan fingerprint density at radius 2 is 2.00 bits per heavy atom. The fourth-order valence-corrected chi connectivity index (χ4v) is 2.85. The summed E-state index contributed by atoms with van der Waals surface area (Å²) < 4.78 is 10.4. The zero-order valence-electron chi connectivity index (χ0n) is 14.6. The molecule has 1 aromatic rings. The van der Waals surface area contributed by atoms with Crippen LogP contribution in [-0.4, -0.2) is 43.6 Å². The maximum Gasteiger partial charge on any atom is 0.309 e. The first kappa shape index (κ1) is 18.0. The van der Waals surface area contributed by atoms with Crippen LogP contribution in [-0.2, 0) is 14.3 Å². The molecule has 0 unspecified atom stereocenters. The molecule has 130 valence electrons. The quantitative estimate of drug-likeness (QED) is 0.615. The van der Waals surface area contributed by atoms with Gasteiger partial charge in [-0.3, -0.25) is 9.59 Å². The van der Waals surface area contributed by atoms with Gasteiger partial charge in [-0.2, -0.15) is 0 Å². The van der Waals surface area contributed by atoms with Crippen LogP contribution in [0.5, 0.6) is 5.75 Å². The predicted molar refractivity (Wildman–Crippen MR) is 92.7 cm³/mol. The minimum Gasteiger partial charge on any atom is -0.496 e. The van der Waals surface area contributed by atoms with E-state index in [1.165, 1.54) is 0 Å². The Balaban J connectivity index is 1.94. The first-order chi connectivity index (χ1) is 11.5. The standard InChI is InChI=1S/C19H25NO4/c1-4-24-19(22)15-9-11-20(12-10-15)18(21)8-6-16-13-14(2)5-7-17(16)23-3/h5-8,13,15H,4,9-12H2,1-3H3/b8-6+. The molecule has 1 aliphatic heterocycles. The maximum atomic E-state index is 12.3. The molecule has 1 aromatic carbocycles. The fourth-order valence-electron chi connectivity index (χ4n) is 2.85. The van der Waals surface area contributed by atoms with E-state index >= 15 is 0 Å². The van der Waals surface area contributed by atoms with Crippen molar-refractivity contribution in [3.63, 3.8) is 0 Å². The van der Waals surface area contributed by atoms with Crippen LogP contribution in [0, 0.1) is 12.8 Å². The number of ether oxygens (including phenoxy) is 2. The summed E-state index contributed by atoms with van der Waals surface area (Å²) in [5.41, 5.74) is 1.99. The van der Waals surface area contributed by atoms with Crippen molar-refractivity contribution in [1.82, 2.24) is 4.90 Å². The van der Waals surface area contributed by atoms with Gasteiger partial charge in [0.05, 0.1) is 19.6 Å². The summed E-state index contributed by atoms with van der Waals surface area (Å²) in [7, 11) is 1.62. The van der Waals surface area contributed by atoms with E-state index in [2.05, 4.69) is 0 Å². The molecule has 1 heterocycles. The van der Waals surface area contributed by atoms with Gasteiger partial charge in [0.2, 0.25) is 5.91 Å². The van der Waals surface area contributed by atoms with Crippen LogP contribution in [0.4, 0.5) is 0 Å². The third-order valence-electron chi connectivity index (χ3n) is 4.22. The number of hydrogen-bond acceptors (Lipinski definition) is 4. The zero-order valence-corrected chi connectivity index (χ0v) is 14.6. The number of carbonyl (C=O) groups is 2. The van der Waals surface area contributed by atoms with E-state index in [0.717, 1.165) is 16.9 Å². The lowest BCUT2D eigenvalue weighted by atomic mass is 9.97. The number of piperidine rings is 1. The van der Waals surface area contributed by atoms with Gasteiger partial charge in [-0.25, -0.2) is 0 Å². The number of esters is 1. The Morgan fingerprint density at radius 1 is 1.29 bits per heavy atom. The average Bonchev–Trinajstić information content (AvgIpc) is 2.60. The lowest BCUT2D eigenvalue weighted by molar-refractivity contribution is -0.150. The van der Waals surface area contributed by atoms with Crippen molar-refractivity contribution in [2.75, 3.05) is 26.8 Å². The second kappa shape index (κ2) is 8.52. The van der Waals surface area contributed by atoms with Gasteiger partial charge >= 0.3 is 5.97 Å². The Bertz CT molecular complexity index is 616. The molecule has 0 N–H and O–H groups in total. The highest BCUT2D eigenvalue weighted by Crippen LogP contribution is 2.22. The van der Waals surface area contributed by atoms with Gasteiger partial charge in [0.1, 0.15) is 5.75 Å². The summed E-state index contributed by atoms with van der Waals surface area (Å²) in [5, 5.41) is 0. The lowest BCUT2D eigenvalue weighted by Crippen LogP contribution is -2.39. The van der Waals surface area contributed by atoms with Gasteiger partial charge in [0.25, 0.3) is 0 Å². The van der Waals surface area contributed by atoms with Crippen molar-refractivity contribution < 1.29 is 19.1 Å². The van der Waals surface area contributed by atoms with Crippen LogP contribution in [0.15, 0.2) is 24.3 Å². The largest absolute Gasteiger partial charge is 0.496 e. The predicted octanol–water partition coefficient (Wildman–Crippen LogP) is 2.82. The third-order valence-corrected chi connectivity index (χ3v) is 4.22. The van der Waals surface area contributed by atoms with E-state index in [1.54, 1.807) is 31.1 Å². The molecule has 1 amide bonds. The van der Waals surface area contributed by atoms with Gasteiger partial charge in [-0.1, -0.05) is 11.6 Å². The molecular weight excluding hydrogens is 306 g/mol. The number of methoxy groups -OCH3 is 1. The number of nitrogens with zero attached hydrogens (tertiary/aromatic N) is 1. The second-order valence-electron chi connectivity index (χ2n) is 5.93. The Labute approximate surface area is 143 Å². The number of likely N-dealkylation sites (tertiary alicyclic amines) is 1. The van der Waals surface area contributed by atoms with Gasteiger partial charge in [0.15, 0.2) is 0 Å². The van der Waals surface area contributed by atoms with E-state index in [9.17, 15) is 9.59 Å². The maximum absolute atomic E-state index is 12.3. The van der Waals surface area contributed by atoms with E-state index in [4.69, 9.17) is 9.47 Å². The molecule has 1 aliphatic rings. The normalized spacial score (nSPS) is 15.5. The minimum atomic E-state index is -0.148. The molecule has 0 saturated carbocycles. The number of aryl methyl sites for hydroxylation is 1. The van der Waals surface area contributed by atoms with Crippen molar-refractivity contribution in [1.29, 1.82) is 0 Å². The smallest absolute Gasteiger partial charge is 0.309 e. The van der Waals surface area contributed by atoms with Crippen molar-refractivity contribution >= 4 is 18.0 Å². The molecule has 0 radical (unpaired) electrons. The monoisotopic (exact) mass is 331 g/mol. The molecule has 2 rings (SSSR count). The molecule has 1 saturated heterocycles.